The first-order valence-corrected chi connectivity index (χ1v) is 7.99. The summed E-state index contributed by atoms with van der Waals surface area (Å²) in [5.74, 6) is -0.0409. The summed E-state index contributed by atoms with van der Waals surface area (Å²) in [4.78, 5) is 14.2. The molecule has 1 aromatic carbocycles. The van der Waals surface area contributed by atoms with E-state index in [-0.39, 0.29) is 5.91 Å². The highest BCUT2D eigenvalue weighted by Crippen LogP contribution is 2.21. The molecule has 1 amide bonds. The van der Waals surface area contributed by atoms with Gasteiger partial charge in [0.05, 0.1) is 6.54 Å². The van der Waals surface area contributed by atoms with Crippen LogP contribution in [0.3, 0.4) is 0 Å². The van der Waals surface area contributed by atoms with Crippen LogP contribution in [-0.4, -0.2) is 43.5 Å². The summed E-state index contributed by atoms with van der Waals surface area (Å²) in [6.07, 6.45) is 5.33. The molecular formula is C16H24ClN3O. The lowest BCUT2D eigenvalue weighted by Crippen LogP contribution is -2.37. The molecule has 2 N–H and O–H groups in total. The van der Waals surface area contributed by atoms with Crippen LogP contribution in [0, 0.1) is 0 Å². The van der Waals surface area contributed by atoms with E-state index in [0.29, 0.717) is 11.6 Å². The first kappa shape index (κ1) is 16.3. The second-order valence-corrected chi connectivity index (χ2v) is 6.09. The molecule has 1 saturated carbocycles. The zero-order valence-electron chi connectivity index (χ0n) is 12.6. The fourth-order valence-electron chi connectivity index (χ4n) is 2.76. The van der Waals surface area contributed by atoms with E-state index in [1.165, 1.54) is 25.7 Å². The number of carbonyl (C=O) groups excluding carboxylic acids is 1. The largest absolute Gasteiger partial charge is 0.325 e. The van der Waals surface area contributed by atoms with E-state index in [9.17, 15) is 4.79 Å². The quantitative estimate of drug-likeness (QED) is 0.761. The van der Waals surface area contributed by atoms with Crippen molar-refractivity contribution in [2.24, 2.45) is 0 Å². The number of carbonyl (C=O) groups is 1. The molecule has 21 heavy (non-hydrogen) atoms. The van der Waals surface area contributed by atoms with Gasteiger partial charge in [0.15, 0.2) is 0 Å². The number of likely N-dealkylation sites (N-methyl/N-ethyl adjacent to an activating group) is 1. The summed E-state index contributed by atoms with van der Waals surface area (Å²) in [5, 5.41) is 6.64. The van der Waals surface area contributed by atoms with E-state index in [2.05, 4.69) is 22.6 Å². The Kier molecular flexibility index (Phi) is 6.49. The summed E-state index contributed by atoms with van der Waals surface area (Å²) in [6, 6.07) is 7.91. The van der Waals surface area contributed by atoms with Crippen LogP contribution in [0.4, 0.5) is 5.69 Å². The van der Waals surface area contributed by atoms with Gasteiger partial charge in [-0.3, -0.25) is 4.79 Å². The van der Waals surface area contributed by atoms with Crippen molar-refractivity contribution in [1.82, 2.24) is 10.2 Å². The maximum absolute atomic E-state index is 11.8. The average molecular weight is 310 g/mol. The van der Waals surface area contributed by atoms with Gasteiger partial charge in [0.1, 0.15) is 0 Å². The molecule has 0 unspecified atom stereocenters. The second-order valence-electron chi connectivity index (χ2n) is 5.65. The van der Waals surface area contributed by atoms with Crippen LogP contribution in [-0.2, 0) is 4.79 Å². The van der Waals surface area contributed by atoms with Crippen molar-refractivity contribution >= 4 is 23.2 Å². The molecule has 0 radical (unpaired) electrons. The van der Waals surface area contributed by atoms with Gasteiger partial charge in [0.25, 0.3) is 0 Å². The Hall–Kier alpha value is -1.10. The number of anilines is 1. The molecule has 2 rings (SSSR count). The van der Waals surface area contributed by atoms with Gasteiger partial charge in [-0.15, -0.1) is 0 Å². The lowest BCUT2D eigenvalue weighted by atomic mass is 10.2. The molecule has 1 aromatic rings. The molecule has 0 spiro atoms. The highest BCUT2D eigenvalue weighted by atomic mass is 35.5. The third-order valence-electron chi connectivity index (χ3n) is 3.98. The molecule has 0 aliphatic heterocycles. The number of nitrogens with one attached hydrogen (secondary N) is 2. The number of benzene rings is 1. The molecule has 0 heterocycles. The van der Waals surface area contributed by atoms with Crippen molar-refractivity contribution in [3.63, 3.8) is 0 Å². The molecule has 1 fully saturated rings. The maximum atomic E-state index is 11.8. The Morgan fingerprint density at radius 3 is 2.86 bits per heavy atom. The second kappa shape index (κ2) is 8.37. The van der Waals surface area contributed by atoms with E-state index < -0.39 is 0 Å². The topological polar surface area (TPSA) is 44.4 Å². The van der Waals surface area contributed by atoms with Gasteiger partial charge in [-0.05, 0) is 38.1 Å². The van der Waals surface area contributed by atoms with Crippen molar-refractivity contribution in [2.75, 3.05) is 32.0 Å². The van der Waals surface area contributed by atoms with Crippen LogP contribution < -0.4 is 10.6 Å². The van der Waals surface area contributed by atoms with Gasteiger partial charge in [0, 0.05) is 29.8 Å². The van der Waals surface area contributed by atoms with Gasteiger partial charge < -0.3 is 15.5 Å². The zero-order valence-corrected chi connectivity index (χ0v) is 13.3. The minimum absolute atomic E-state index is 0.0409. The van der Waals surface area contributed by atoms with Gasteiger partial charge in [0.2, 0.25) is 5.91 Å². The highest BCUT2D eigenvalue weighted by molar-refractivity contribution is 6.30. The Morgan fingerprint density at radius 2 is 2.14 bits per heavy atom. The van der Waals surface area contributed by atoms with Crippen LogP contribution in [0.15, 0.2) is 24.3 Å². The summed E-state index contributed by atoms with van der Waals surface area (Å²) in [7, 11) is 2.17. The minimum atomic E-state index is -0.0409. The lowest BCUT2D eigenvalue weighted by molar-refractivity contribution is -0.115. The van der Waals surface area contributed by atoms with Crippen molar-refractivity contribution in [3.8, 4) is 0 Å². The number of hydrogen-bond donors (Lipinski definition) is 2. The monoisotopic (exact) mass is 309 g/mol. The molecule has 1 aliphatic carbocycles. The lowest BCUT2D eigenvalue weighted by Gasteiger charge is -2.23. The van der Waals surface area contributed by atoms with Gasteiger partial charge >= 0.3 is 0 Å². The predicted octanol–water partition coefficient (Wildman–Crippen LogP) is 2.74. The zero-order chi connectivity index (χ0) is 15.1. The maximum Gasteiger partial charge on any atom is 0.238 e. The summed E-state index contributed by atoms with van der Waals surface area (Å²) >= 11 is 5.88. The minimum Gasteiger partial charge on any atom is -0.325 e. The summed E-state index contributed by atoms with van der Waals surface area (Å²) < 4.78 is 0. The van der Waals surface area contributed by atoms with Crippen LogP contribution in [0.5, 0.6) is 0 Å². The molecule has 1 aliphatic rings. The van der Waals surface area contributed by atoms with Crippen LogP contribution in [0.25, 0.3) is 0 Å². The van der Waals surface area contributed by atoms with Crippen LogP contribution in [0.2, 0.25) is 5.02 Å². The molecular weight excluding hydrogens is 286 g/mol. The number of hydrogen-bond acceptors (Lipinski definition) is 3. The first-order valence-electron chi connectivity index (χ1n) is 7.61. The predicted molar refractivity (Wildman–Crippen MR) is 87.8 cm³/mol. The fraction of sp³-hybridized carbons (Fsp3) is 0.562. The van der Waals surface area contributed by atoms with Crippen molar-refractivity contribution in [2.45, 2.75) is 31.7 Å². The Morgan fingerprint density at radius 1 is 1.38 bits per heavy atom. The first-order chi connectivity index (χ1) is 10.1. The Labute approximate surface area is 131 Å². The summed E-state index contributed by atoms with van der Waals surface area (Å²) in [6.45, 7) is 2.14. The summed E-state index contributed by atoms with van der Waals surface area (Å²) in [5.41, 5.74) is 0.734. The van der Waals surface area contributed by atoms with Crippen LogP contribution in [0.1, 0.15) is 25.7 Å². The Bertz CT molecular complexity index is 461. The van der Waals surface area contributed by atoms with E-state index in [0.717, 1.165) is 24.8 Å². The smallest absolute Gasteiger partial charge is 0.238 e. The molecule has 0 saturated heterocycles. The molecule has 116 valence electrons. The normalized spacial score (nSPS) is 15.6. The van der Waals surface area contributed by atoms with Crippen molar-refractivity contribution in [1.29, 1.82) is 0 Å². The van der Waals surface area contributed by atoms with Crippen molar-refractivity contribution in [3.05, 3.63) is 29.3 Å². The standard InChI is InChI=1S/C16H24ClN3O/c1-20(15-7-2-3-8-15)10-9-18-12-16(21)19-14-6-4-5-13(17)11-14/h4-6,11,15,18H,2-3,7-10,12H2,1H3,(H,19,21). The van der Waals surface area contributed by atoms with E-state index >= 15 is 0 Å². The van der Waals surface area contributed by atoms with Gasteiger partial charge in [-0.2, -0.15) is 0 Å². The number of nitrogens with zero attached hydrogens (tertiary/aromatic N) is 1. The van der Waals surface area contributed by atoms with Crippen molar-refractivity contribution < 1.29 is 4.79 Å². The number of amides is 1. The van der Waals surface area contributed by atoms with Crippen LogP contribution >= 0.6 is 11.6 Å². The van der Waals surface area contributed by atoms with E-state index in [1.807, 2.05) is 12.1 Å². The average Bonchev–Trinajstić information content (AvgIpc) is 2.97. The highest BCUT2D eigenvalue weighted by Gasteiger charge is 2.18. The SMILES string of the molecule is CN(CCNCC(=O)Nc1cccc(Cl)c1)C1CCCC1. The molecule has 0 atom stereocenters. The molecule has 4 nitrogen and oxygen atoms in total. The number of halogens is 1. The third kappa shape index (κ3) is 5.65. The van der Waals surface area contributed by atoms with E-state index in [4.69, 9.17) is 11.6 Å². The molecule has 5 heteroatoms. The number of rotatable bonds is 7. The fourth-order valence-corrected chi connectivity index (χ4v) is 2.95. The Balaban J connectivity index is 1.60. The van der Waals surface area contributed by atoms with Gasteiger partial charge in [-0.25, -0.2) is 0 Å². The van der Waals surface area contributed by atoms with Gasteiger partial charge in [-0.1, -0.05) is 30.5 Å². The molecule has 0 aromatic heterocycles. The third-order valence-corrected chi connectivity index (χ3v) is 4.22. The van der Waals surface area contributed by atoms with E-state index in [1.54, 1.807) is 12.1 Å². The molecule has 0 bridgehead atoms.